The molecule has 2 rings (SSSR count). The maximum absolute atomic E-state index is 13.3. The van der Waals surface area contributed by atoms with Gasteiger partial charge in [0, 0.05) is 6.54 Å². The Balaban J connectivity index is 2.47. The molecular weight excluding hydrogens is 265 g/mol. The lowest BCUT2D eigenvalue weighted by Crippen LogP contribution is -2.45. The van der Waals surface area contributed by atoms with Crippen LogP contribution in [0.4, 0.5) is 4.39 Å². The summed E-state index contributed by atoms with van der Waals surface area (Å²) in [5.74, 6) is -1.49. The highest BCUT2D eigenvalue weighted by Gasteiger charge is 2.39. The van der Waals surface area contributed by atoms with E-state index in [2.05, 4.69) is 0 Å². The first-order valence-electron chi connectivity index (χ1n) is 5.79. The Morgan fingerprint density at radius 1 is 1.42 bits per heavy atom. The molecule has 5 heteroatoms. The number of hydrogen-bond acceptors (Lipinski definition) is 3. The van der Waals surface area contributed by atoms with E-state index in [4.69, 9.17) is 5.73 Å². The van der Waals surface area contributed by atoms with Crippen LogP contribution < -0.4 is 5.73 Å². The van der Waals surface area contributed by atoms with Gasteiger partial charge < -0.3 is 10.8 Å². The van der Waals surface area contributed by atoms with Crippen LogP contribution in [0.5, 0.6) is 0 Å². The van der Waals surface area contributed by atoms with Gasteiger partial charge in [-0.25, -0.2) is 4.39 Å². The fourth-order valence-corrected chi connectivity index (χ4v) is 2.77. The second-order valence-corrected chi connectivity index (χ2v) is 5.19. The van der Waals surface area contributed by atoms with Gasteiger partial charge in [-0.15, -0.1) is 0 Å². The van der Waals surface area contributed by atoms with Gasteiger partial charge in [0.05, 0.1) is 0 Å². The fourth-order valence-electron chi connectivity index (χ4n) is 2.11. The summed E-state index contributed by atoms with van der Waals surface area (Å²) in [6.45, 7) is -0.0817. The quantitative estimate of drug-likeness (QED) is 0.883. The summed E-state index contributed by atoms with van der Waals surface area (Å²) in [5.41, 5.74) is 5.71. The van der Waals surface area contributed by atoms with Gasteiger partial charge in [0.15, 0.2) is 0 Å². The van der Waals surface area contributed by atoms with Crippen LogP contribution in [0.25, 0.3) is 0 Å². The zero-order valence-electron chi connectivity index (χ0n) is 10.2. The molecule has 0 saturated heterocycles. The normalized spacial score (nSPS) is 14.0. The van der Waals surface area contributed by atoms with Crippen LogP contribution in [0.2, 0.25) is 0 Å². The van der Waals surface area contributed by atoms with Crippen molar-refractivity contribution < 1.29 is 14.3 Å². The highest BCUT2D eigenvalue weighted by Crippen LogP contribution is 2.29. The minimum absolute atomic E-state index is 0.0817. The van der Waals surface area contributed by atoms with Crippen molar-refractivity contribution in [2.45, 2.75) is 11.8 Å². The average Bonchev–Trinajstić information content (AvgIpc) is 2.88. The first-order chi connectivity index (χ1) is 9.08. The lowest BCUT2D eigenvalue weighted by Gasteiger charge is -2.28. The zero-order valence-corrected chi connectivity index (χ0v) is 11.0. The zero-order chi connectivity index (χ0) is 13.9. The molecular formula is C14H14FNO2S. The molecule has 0 saturated carbocycles. The van der Waals surface area contributed by atoms with Crippen molar-refractivity contribution in [3.05, 3.63) is 58.0 Å². The van der Waals surface area contributed by atoms with Gasteiger partial charge in [0.2, 0.25) is 0 Å². The largest absolute Gasteiger partial charge is 0.481 e. The Bertz CT molecular complexity index is 571. The topological polar surface area (TPSA) is 63.3 Å². The Morgan fingerprint density at radius 2 is 2.21 bits per heavy atom. The van der Waals surface area contributed by atoms with Crippen molar-refractivity contribution in [2.75, 3.05) is 6.54 Å². The van der Waals surface area contributed by atoms with E-state index in [9.17, 15) is 14.3 Å². The highest BCUT2D eigenvalue weighted by molar-refractivity contribution is 7.07. The standard InChI is InChI=1S/C14H14FNO2S/c15-12-3-1-2-11(6-12)14(9-16,13(17)18)7-10-4-5-19-8-10/h1-6,8H,7,9,16H2,(H,17,18). The van der Waals surface area contributed by atoms with Crippen molar-refractivity contribution >= 4 is 17.3 Å². The molecule has 0 bridgehead atoms. The van der Waals surface area contributed by atoms with E-state index in [1.54, 1.807) is 6.07 Å². The number of thiophene rings is 1. The molecule has 1 heterocycles. The van der Waals surface area contributed by atoms with Crippen LogP contribution in [0.15, 0.2) is 41.1 Å². The van der Waals surface area contributed by atoms with Crippen molar-refractivity contribution in [1.82, 2.24) is 0 Å². The molecule has 1 unspecified atom stereocenters. The Morgan fingerprint density at radius 3 is 2.74 bits per heavy atom. The summed E-state index contributed by atoms with van der Waals surface area (Å²) in [6.07, 6.45) is 0.256. The molecule has 0 radical (unpaired) electrons. The minimum atomic E-state index is -1.29. The minimum Gasteiger partial charge on any atom is -0.481 e. The van der Waals surface area contributed by atoms with E-state index in [1.165, 1.54) is 29.5 Å². The number of carboxylic acids is 1. The maximum atomic E-state index is 13.3. The predicted octanol–water partition coefficient (Wildman–Crippen LogP) is 2.41. The lowest BCUT2D eigenvalue weighted by molar-refractivity contribution is -0.143. The Kier molecular flexibility index (Phi) is 3.97. The number of rotatable bonds is 5. The van der Waals surface area contributed by atoms with Gasteiger partial charge in [-0.1, -0.05) is 12.1 Å². The summed E-state index contributed by atoms with van der Waals surface area (Å²) in [6, 6.07) is 7.50. The van der Waals surface area contributed by atoms with Crippen molar-refractivity contribution in [1.29, 1.82) is 0 Å². The van der Waals surface area contributed by atoms with Crippen LogP contribution in [-0.4, -0.2) is 17.6 Å². The third-order valence-corrected chi connectivity index (χ3v) is 3.95. The van der Waals surface area contributed by atoms with Gasteiger partial charge in [-0.3, -0.25) is 4.79 Å². The van der Waals surface area contributed by atoms with Gasteiger partial charge in [0.1, 0.15) is 11.2 Å². The first-order valence-corrected chi connectivity index (χ1v) is 6.73. The van der Waals surface area contributed by atoms with E-state index in [1.807, 2.05) is 16.8 Å². The van der Waals surface area contributed by atoms with E-state index >= 15 is 0 Å². The van der Waals surface area contributed by atoms with Gasteiger partial charge in [0.25, 0.3) is 0 Å². The molecule has 1 atom stereocenters. The summed E-state index contributed by atoms with van der Waals surface area (Å²) in [5, 5.41) is 13.3. The molecule has 2 aromatic rings. The van der Waals surface area contributed by atoms with Crippen LogP contribution in [0.3, 0.4) is 0 Å². The molecule has 0 aliphatic heterocycles. The van der Waals surface area contributed by atoms with Crippen molar-refractivity contribution in [3.8, 4) is 0 Å². The molecule has 3 nitrogen and oxygen atoms in total. The molecule has 3 N–H and O–H groups in total. The second kappa shape index (κ2) is 5.50. The van der Waals surface area contributed by atoms with Gasteiger partial charge in [-0.2, -0.15) is 11.3 Å². The number of nitrogens with two attached hydrogens (primary N) is 1. The Labute approximate surface area is 114 Å². The number of carbonyl (C=O) groups is 1. The molecule has 0 spiro atoms. The molecule has 100 valence electrons. The monoisotopic (exact) mass is 279 g/mol. The number of hydrogen-bond donors (Lipinski definition) is 2. The number of halogens is 1. The molecule has 0 fully saturated rings. The van der Waals surface area contributed by atoms with Crippen LogP contribution in [-0.2, 0) is 16.6 Å². The summed E-state index contributed by atoms with van der Waals surface area (Å²) >= 11 is 1.49. The van der Waals surface area contributed by atoms with E-state index in [-0.39, 0.29) is 13.0 Å². The van der Waals surface area contributed by atoms with Crippen LogP contribution in [0, 0.1) is 5.82 Å². The molecule has 0 aliphatic rings. The highest BCUT2D eigenvalue weighted by atomic mass is 32.1. The first kappa shape index (κ1) is 13.7. The summed E-state index contributed by atoms with van der Waals surface area (Å²) in [4.78, 5) is 11.7. The van der Waals surface area contributed by atoms with Crippen molar-refractivity contribution in [3.63, 3.8) is 0 Å². The van der Waals surface area contributed by atoms with Crippen LogP contribution in [0.1, 0.15) is 11.1 Å². The number of carboxylic acid groups (broad SMARTS) is 1. The second-order valence-electron chi connectivity index (χ2n) is 4.41. The number of aliphatic carboxylic acids is 1. The molecule has 1 aromatic heterocycles. The third-order valence-electron chi connectivity index (χ3n) is 3.22. The van der Waals surface area contributed by atoms with Crippen molar-refractivity contribution in [2.24, 2.45) is 5.73 Å². The van der Waals surface area contributed by atoms with Crippen LogP contribution >= 0.6 is 11.3 Å². The third kappa shape index (κ3) is 2.67. The Hall–Kier alpha value is -1.72. The maximum Gasteiger partial charge on any atom is 0.315 e. The predicted molar refractivity (Wildman–Crippen MR) is 72.8 cm³/mol. The number of benzene rings is 1. The van der Waals surface area contributed by atoms with Gasteiger partial charge >= 0.3 is 5.97 Å². The van der Waals surface area contributed by atoms with E-state index in [0.29, 0.717) is 5.56 Å². The SMILES string of the molecule is NCC(Cc1ccsc1)(C(=O)O)c1cccc(F)c1. The fraction of sp³-hybridized carbons (Fsp3) is 0.214. The van der Waals surface area contributed by atoms with E-state index in [0.717, 1.165) is 5.56 Å². The molecule has 0 aliphatic carbocycles. The van der Waals surface area contributed by atoms with Gasteiger partial charge in [-0.05, 0) is 46.5 Å². The summed E-state index contributed by atoms with van der Waals surface area (Å²) < 4.78 is 13.3. The average molecular weight is 279 g/mol. The molecule has 19 heavy (non-hydrogen) atoms. The smallest absolute Gasteiger partial charge is 0.315 e. The summed E-state index contributed by atoms with van der Waals surface area (Å²) in [7, 11) is 0. The lowest BCUT2D eigenvalue weighted by atomic mass is 9.76. The molecule has 0 amide bonds. The van der Waals surface area contributed by atoms with E-state index < -0.39 is 17.2 Å². The molecule has 1 aromatic carbocycles.